The maximum absolute atomic E-state index is 10.5. The Morgan fingerprint density at radius 1 is 1.20 bits per heavy atom. The molecule has 2 nitrogen and oxygen atoms in total. The standard InChI is InChI=1S/C18H28O2/c1-2-7-17(19)16-9-6-8-15(14-16)10-13-18(20)11-4-3-5-12-18/h6,8-9,14,17,19-20H,2-5,7,10-13H2,1H3/t17-/m1/s1. The average Bonchev–Trinajstić information content (AvgIpc) is 2.47. The van der Waals surface area contributed by atoms with E-state index >= 15 is 0 Å². The fraction of sp³-hybridized carbons (Fsp3) is 0.667. The molecule has 1 fully saturated rings. The van der Waals surface area contributed by atoms with Gasteiger partial charge in [0, 0.05) is 0 Å². The molecule has 1 aromatic carbocycles. The van der Waals surface area contributed by atoms with Gasteiger partial charge in [-0.15, -0.1) is 0 Å². The first-order chi connectivity index (χ1) is 9.63. The molecule has 0 unspecified atom stereocenters. The number of aliphatic hydroxyl groups excluding tert-OH is 1. The third-order valence-corrected chi connectivity index (χ3v) is 4.56. The SMILES string of the molecule is CCC[C@@H](O)c1cccc(CCC2(O)CCCCC2)c1. The molecule has 1 saturated carbocycles. The van der Waals surface area contributed by atoms with Crippen molar-refractivity contribution in [2.75, 3.05) is 0 Å². The van der Waals surface area contributed by atoms with Crippen LogP contribution in [0.15, 0.2) is 24.3 Å². The second kappa shape index (κ2) is 7.24. The molecule has 1 aliphatic carbocycles. The lowest BCUT2D eigenvalue weighted by molar-refractivity contribution is -0.00342. The molecule has 0 heterocycles. The molecule has 0 bridgehead atoms. The smallest absolute Gasteiger partial charge is 0.0790 e. The summed E-state index contributed by atoms with van der Waals surface area (Å²) in [4.78, 5) is 0. The van der Waals surface area contributed by atoms with Gasteiger partial charge in [-0.05, 0) is 43.2 Å². The van der Waals surface area contributed by atoms with Crippen molar-refractivity contribution >= 4 is 0 Å². The van der Waals surface area contributed by atoms with Gasteiger partial charge in [-0.2, -0.15) is 0 Å². The summed E-state index contributed by atoms with van der Waals surface area (Å²) in [5.41, 5.74) is 1.80. The van der Waals surface area contributed by atoms with Gasteiger partial charge in [0.25, 0.3) is 0 Å². The van der Waals surface area contributed by atoms with Crippen molar-refractivity contribution in [1.29, 1.82) is 0 Å². The molecule has 20 heavy (non-hydrogen) atoms. The van der Waals surface area contributed by atoms with Crippen LogP contribution in [0.4, 0.5) is 0 Å². The maximum Gasteiger partial charge on any atom is 0.0790 e. The number of hydrogen-bond donors (Lipinski definition) is 2. The van der Waals surface area contributed by atoms with Crippen molar-refractivity contribution in [3.8, 4) is 0 Å². The van der Waals surface area contributed by atoms with Crippen molar-refractivity contribution in [3.05, 3.63) is 35.4 Å². The highest BCUT2D eigenvalue weighted by molar-refractivity contribution is 5.25. The van der Waals surface area contributed by atoms with Crippen LogP contribution >= 0.6 is 0 Å². The van der Waals surface area contributed by atoms with Gasteiger partial charge < -0.3 is 10.2 Å². The normalized spacial score (nSPS) is 19.8. The number of benzene rings is 1. The molecule has 0 spiro atoms. The molecule has 2 rings (SSSR count). The van der Waals surface area contributed by atoms with Crippen LogP contribution in [0.5, 0.6) is 0 Å². The molecule has 0 aromatic heterocycles. The zero-order valence-electron chi connectivity index (χ0n) is 12.6. The fourth-order valence-corrected chi connectivity index (χ4v) is 3.23. The molecule has 0 radical (unpaired) electrons. The number of hydrogen-bond acceptors (Lipinski definition) is 2. The van der Waals surface area contributed by atoms with E-state index in [1.54, 1.807) is 0 Å². The largest absolute Gasteiger partial charge is 0.390 e. The quantitative estimate of drug-likeness (QED) is 0.819. The van der Waals surface area contributed by atoms with Gasteiger partial charge >= 0.3 is 0 Å². The van der Waals surface area contributed by atoms with Gasteiger partial charge in [0.1, 0.15) is 0 Å². The van der Waals surface area contributed by atoms with Crippen LogP contribution in [0.25, 0.3) is 0 Å². The molecular weight excluding hydrogens is 248 g/mol. The Morgan fingerprint density at radius 3 is 2.65 bits per heavy atom. The van der Waals surface area contributed by atoms with Crippen molar-refractivity contribution in [2.45, 2.75) is 76.4 Å². The topological polar surface area (TPSA) is 40.5 Å². The number of aliphatic hydroxyl groups is 2. The Kier molecular flexibility index (Phi) is 5.62. The van der Waals surface area contributed by atoms with Gasteiger partial charge in [0.15, 0.2) is 0 Å². The Bertz CT molecular complexity index is 408. The molecule has 1 aromatic rings. The van der Waals surface area contributed by atoms with E-state index in [9.17, 15) is 10.2 Å². The van der Waals surface area contributed by atoms with Gasteiger partial charge in [0.05, 0.1) is 11.7 Å². The van der Waals surface area contributed by atoms with Crippen LogP contribution in [0, 0.1) is 0 Å². The van der Waals surface area contributed by atoms with Gasteiger partial charge in [-0.25, -0.2) is 0 Å². The first kappa shape index (κ1) is 15.5. The van der Waals surface area contributed by atoms with E-state index in [2.05, 4.69) is 19.1 Å². The van der Waals surface area contributed by atoms with E-state index in [4.69, 9.17) is 0 Å². The Labute approximate surface area is 122 Å². The van der Waals surface area contributed by atoms with E-state index in [0.29, 0.717) is 0 Å². The third kappa shape index (κ3) is 4.32. The monoisotopic (exact) mass is 276 g/mol. The van der Waals surface area contributed by atoms with Crippen LogP contribution in [-0.4, -0.2) is 15.8 Å². The van der Waals surface area contributed by atoms with Crippen molar-refractivity contribution in [2.24, 2.45) is 0 Å². The number of aryl methyl sites for hydroxylation is 1. The first-order valence-corrected chi connectivity index (χ1v) is 8.12. The second-order valence-corrected chi connectivity index (χ2v) is 6.33. The molecule has 0 saturated heterocycles. The van der Waals surface area contributed by atoms with Crippen LogP contribution in [0.1, 0.15) is 75.5 Å². The van der Waals surface area contributed by atoms with E-state index in [0.717, 1.165) is 56.9 Å². The van der Waals surface area contributed by atoms with Crippen LogP contribution < -0.4 is 0 Å². The van der Waals surface area contributed by atoms with Gasteiger partial charge in [-0.3, -0.25) is 0 Å². The van der Waals surface area contributed by atoms with Crippen molar-refractivity contribution in [1.82, 2.24) is 0 Å². The van der Waals surface area contributed by atoms with E-state index in [-0.39, 0.29) is 6.10 Å². The van der Waals surface area contributed by atoms with Crippen LogP contribution in [-0.2, 0) is 6.42 Å². The lowest BCUT2D eigenvalue weighted by Crippen LogP contribution is -2.31. The predicted octanol–water partition coefficient (Wildman–Crippen LogP) is 4.15. The highest BCUT2D eigenvalue weighted by Gasteiger charge is 2.28. The third-order valence-electron chi connectivity index (χ3n) is 4.56. The maximum atomic E-state index is 10.5. The highest BCUT2D eigenvalue weighted by atomic mass is 16.3. The summed E-state index contributed by atoms with van der Waals surface area (Å²) in [7, 11) is 0. The highest BCUT2D eigenvalue weighted by Crippen LogP contribution is 2.32. The summed E-state index contributed by atoms with van der Waals surface area (Å²) in [6, 6.07) is 8.23. The zero-order valence-corrected chi connectivity index (χ0v) is 12.6. The summed E-state index contributed by atoms with van der Waals surface area (Å²) in [5.74, 6) is 0. The summed E-state index contributed by atoms with van der Waals surface area (Å²) >= 11 is 0. The Morgan fingerprint density at radius 2 is 1.95 bits per heavy atom. The van der Waals surface area contributed by atoms with Crippen LogP contribution in [0.2, 0.25) is 0 Å². The number of rotatable bonds is 6. The molecule has 2 N–H and O–H groups in total. The van der Waals surface area contributed by atoms with Crippen molar-refractivity contribution in [3.63, 3.8) is 0 Å². The molecule has 0 aliphatic heterocycles. The van der Waals surface area contributed by atoms with Crippen molar-refractivity contribution < 1.29 is 10.2 Å². The predicted molar refractivity (Wildman–Crippen MR) is 82.7 cm³/mol. The second-order valence-electron chi connectivity index (χ2n) is 6.33. The summed E-state index contributed by atoms with van der Waals surface area (Å²) < 4.78 is 0. The summed E-state index contributed by atoms with van der Waals surface area (Å²) in [6.45, 7) is 2.09. The van der Waals surface area contributed by atoms with E-state index in [1.807, 2.05) is 12.1 Å². The van der Waals surface area contributed by atoms with Gasteiger partial charge in [0.2, 0.25) is 0 Å². The molecule has 1 aliphatic rings. The molecule has 2 heteroatoms. The Balaban J connectivity index is 1.94. The Hall–Kier alpha value is -0.860. The summed E-state index contributed by atoms with van der Waals surface area (Å²) in [5, 5.41) is 20.6. The van der Waals surface area contributed by atoms with Crippen LogP contribution in [0.3, 0.4) is 0 Å². The average molecular weight is 276 g/mol. The zero-order chi connectivity index (χ0) is 14.4. The van der Waals surface area contributed by atoms with E-state index in [1.165, 1.54) is 12.0 Å². The fourth-order valence-electron chi connectivity index (χ4n) is 3.23. The van der Waals surface area contributed by atoms with Gasteiger partial charge in [-0.1, -0.05) is 56.9 Å². The van der Waals surface area contributed by atoms with E-state index < -0.39 is 5.60 Å². The first-order valence-electron chi connectivity index (χ1n) is 8.12. The lowest BCUT2D eigenvalue weighted by Gasteiger charge is -2.32. The minimum absolute atomic E-state index is 0.349. The minimum atomic E-state index is -0.448. The lowest BCUT2D eigenvalue weighted by atomic mass is 9.81. The molecule has 112 valence electrons. The molecule has 0 amide bonds. The molecular formula is C18H28O2. The molecule has 1 atom stereocenters. The summed E-state index contributed by atoms with van der Waals surface area (Å²) in [6.07, 6.45) is 8.69. The minimum Gasteiger partial charge on any atom is -0.390 e.